The van der Waals surface area contributed by atoms with Gasteiger partial charge in [-0.05, 0) is 42.5 Å². The lowest BCUT2D eigenvalue weighted by Gasteiger charge is -2.23. The first-order valence-electron chi connectivity index (χ1n) is 10.6. The highest BCUT2D eigenvalue weighted by Crippen LogP contribution is 2.32. The van der Waals surface area contributed by atoms with E-state index < -0.39 is 30.8 Å². The summed E-state index contributed by atoms with van der Waals surface area (Å²) < 4.78 is 33.7. The second kappa shape index (κ2) is 9.78. The molecule has 0 aliphatic carbocycles. The summed E-state index contributed by atoms with van der Waals surface area (Å²) in [4.78, 5) is 21.3. The van der Waals surface area contributed by atoms with Crippen LogP contribution in [0.2, 0.25) is 0 Å². The molecular weight excluding hydrogens is 440 g/mol. The maximum absolute atomic E-state index is 13.9. The van der Waals surface area contributed by atoms with Crippen molar-refractivity contribution in [1.82, 2.24) is 14.9 Å². The highest BCUT2D eigenvalue weighted by atomic mass is 19.3. The fraction of sp³-hybridized carbons (Fsp3) is 0.200. The highest BCUT2D eigenvalue weighted by molar-refractivity contribution is 6.13. The third-order valence-corrected chi connectivity index (χ3v) is 5.44. The zero-order valence-corrected chi connectivity index (χ0v) is 18.2. The van der Waals surface area contributed by atoms with Crippen molar-refractivity contribution in [3.63, 3.8) is 0 Å². The topological polar surface area (TPSA) is 91.2 Å². The molecule has 0 radical (unpaired) electrons. The largest absolute Gasteiger partial charge is 0.457 e. The molecule has 2 aromatic carbocycles. The number of carbonyl (C=O) groups excluding carboxylic acids is 1. The monoisotopic (exact) mass is 463 g/mol. The molecule has 9 heteroatoms. The Morgan fingerprint density at radius 1 is 1.21 bits per heavy atom. The third-order valence-electron chi connectivity index (χ3n) is 5.44. The molecule has 2 heterocycles. The van der Waals surface area contributed by atoms with Crippen molar-refractivity contribution in [2.24, 2.45) is 0 Å². The Morgan fingerprint density at radius 2 is 1.91 bits per heavy atom. The van der Waals surface area contributed by atoms with Crippen LogP contribution < -0.4 is 10.1 Å². The molecule has 0 unspecified atom stereocenters. The number of likely N-dealkylation sites (tertiary alicyclic amines) is 1. The van der Waals surface area contributed by atoms with Gasteiger partial charge in [0, 0.05) is 24.7 Å². The minimum Gasteiger partial charge on any atom is -0.457 e. The highest BCUT2D eigenvalue weighted by Gasteiger charge is 2.46. The van der Waals surface area contributed by atoms with E-state index in [0.29, 0.717) is 28.4 Å². The molecule has 0 saturated carbocycles. The van der Waals surface area contributed by atoms with Crippen LogP contribution in [0.25, 0.3) is 0 Å². The van der Waals surface area contributed by atoms with E-state index in [1.165, 1.54) is 12.5 Å². The fourth-order valence-corrected chi connectivity index (χ4v) is 3.79. The number of benzene rings is 2. The van der Waals surface area contributed by atoms with Crippen LogP contribution in [0.3, 0.4) is 0 Å². The van der Waals surface area contributed by atoms with Gasteiger partial charge in [0.15, 0.2) is 0 Å². The van der Waals surface area contributed by atoms with Crippen molar-refractivity contribution in [3.05, 3.63) is 90.9 Å². The number of amides is 1. The Balaban J connectivity index is 1.47. The number of para-hydroxylation sites is 1. The molecule has 7 nitrogen and oxygen atoms in total. The molecule has 1 atom stereocenters. The van der Waals surface area contributed by atoms with Crippen LogP contribution in [0.5, 0.6) is 11.5 Å². The van der Waals surface area contributed by atoms with Crippen molar-refractivity contribution in [2.45, 2.75) is 18.4 Å². The molecule has 1 aliphatic heterocycles. The van der Waals surface area contributed by atoms with E-state index in [9.17, 15) is 13.6 Å². The number of ether oxygens (including phenoxy) is 1. The molecule has 3 aromatic rings. The lowest BCUT2D eigenvalue weighted by atomic mass is 10.0. The number of hydrogen-bond donors (Lipinski definition) is 2. The number of rotatable bonds is 8. The second-order valence-corrected chi connectivity index (χ2v) is 7.86. The van der Waals surface area contributed by atoms with Gasteiger partial charge in [-0.2, -0.15) is 0 Å². The smallest absolute Gasteiger partial charge is 0.267 e. The molecule has 1 aliphatic rings. The van der Waals surface area contributed by atoms with Gasteiger partial charge in [0.05, 0.1) is 23.9 Å². The summed E-state index contributed by atoms with van der Waals surface area (Å²) >= 11 is 0. The van der Waals surface area contributed by atoms with Gasteiger partial charge in [0.2, 0.25) is 5.91 Å². The molecule has 1 saturated heterocycles. The molecule has 4 rings (SSSR count). The Kier molecular flexibility index (Phi) is 6.62. The summed E-state index contributed by atoms with van der Waals surface area (Å²) in [6.07, 6.45) is 3.37. The number of carbonyl (C=O) groups is 1. The van der Waals surface area contributed by atoms with Crippen LogP contribution in [0, 0.1) is 5.41 Å². The predicted molar refractivity (Wildman–Crippen MR) is 125 cm³/mol. The normalized spacial score (nSPS) is 16.6. The first-order valence-corrected chi connectivity index (χ1v) is 10.6. The number of aromatic nitrogens is 2. The van der Waals surface area contributed by atoms with E-state index in [1.54, 1.807) is 24.3 Å². The SMILES string of the molecule is C=CC(=O)N1CC(F)(F)C[C@@H]1CNc1ncncc1C(=N)c1ccc(Oc2ccccc2)cc1. The van der Waals surface area contributed by atoms with Gasteiger partial charge in [-0.15, -0.1) is 0 Å². The summed E-state index contributed by atoms with van der Waals surface area (Å²) in [5, 5.41) is 11.7. The fourth-order valence-electron chi connectivity index (χ4n) is 3.79. The van der Waals surface area contributed by atoms with Gasteiger partial charge in [-0.1, -0.05) is 24.8 Å². The van der Waals surface area contributed by atoms with Gasteiger partial charge in [-0.3, -0.25) is 10.2 Å². The zero-order valence-electron chi connectivity index (χ0n) is 18.2. The maximum atomic E-state index is 13.9. The van der Waals surface area contributed by atoms with Crippen LogP contribution in [-0.4, -0.2) is 51.5 Å². The van der Waals surface area contributed by atoms with Gasteiger partial charge >= 0.3 is 0 Å². The lowest BCUT2D eigenvalue weighted by Crippen LogP contribution is -2.39. The van der Waals surface area contributed by atoms with Crippen molar-refractivity contribution >= 4 is 17.4 Å². The maximum Gasteiger partial charge on any atom is 0.267 e. The van der Waals surface area contributed by atoms with Crippen LogP contribution in [-0.2, 0) is 4.79 Å². The predicted octanol–water partition coefficient (Wildman–Crippen LogP) is 4.52. The van der Waals surface area contributed by atoms with Gasteiger partial charge in [0.1, 0.15) is 23.6 Å². The molecule has 1 amide bonds. The van der Waals surface area contributed by atoms with E-state index in [0.717, 1.165) is 11.0 Å². The van der Waals surface area contributed by atoms with Crippen molar-refractivity contribution in [3.8, 4) is 11.5 Å². The number of alkyl halides is 2. The number of halogens is 2. The quantitative estimate of drug-likeness (QED) is 0.379. The number of nitrogens with zero attached hydrogens (tertiary/aromatic N) is 3. The van der Waals surface area contributed by atoms with Crippen molar-refractivity contribution < 1.29 is 18.3 Å². The summed E-state index contributed by atoms with van der Waals surface area (Å²) in [5.41, 5.74) is 1.17. The summed E-state index contributed by atoms with van der Waals surface area (Å²) in [6.45, 7) is 2.80. The first-order chi connectivity index (χ1) is 16.4. The van der Waals surface area contributed by atoms with Gasteiger partial charge in [0.25, 0.3) is 5.92 Å². The van der Waals surface area contributed by atoms with E-state index >= 15 is 0 Å². The van der Waals surface area contributed by atoms with Crippen LogP contribution in [0.1, 0.15) is 17.5 Å². The van der Waals surface area contributed by atoms with Gasteiger partial charge < -0.3 is 15.0 Å². The third kappa shape index (κ3) is 5.25. The van der Waals surface area contributed by atoms with Gasteiger partial charge in [-0.25, -0.2) is 18.7 Å². The summed E-state index contributed by atoms with van der Waals surface area (Å²) in [5.74, 6) is -1.85. The van der Waals surface area contributed by atoms with Crippen molar-refractivity contribution in [2.75, 3.05) is 18.4 Å². The Hall–Kier alpha value is -4.14. The average molecular weight is 463 g/mol. The summed E-state index contributed by atoms with van der Waals surface area (Å²) in [6, 6.07) is 15.6. The zero-order chi connectivity index (χ0) is 24.1. The van der Waals surface area contributed by atoms with E-state index in [1.807, 2.05) is 30.3 Å². The molecule has 2 N–H and O–H groups in total. The minimum absolute atomic E-state index is 0.0519. The standard InChI is InChI=1S/C25H23F2N5O2/c1-2-22(33)32-15-25(26,27)12-18(32)13-30-24-21(14-29-16-31-24)23(28)17-8-10-20(11-9-17)34-19-6-4-3-5-7-19/h2-11,14,16,18,28H,1,12-13,15H2,(H,29,30,31)/t18-/m1/s1. The number of anilines is 1. The van der Waals surface area contributed by atoms with Crippen LogP contribution in [0.15, 0.2) is 79.8 Å². The number of hydrogen-bond acceptors (Lipinski definition) is 6. The Bertz CT molecular complexity index is 1190. The van der Waals surface area contributed by atoms with E-state index in [-0.39, 0.29) is 12.3 Å². The first kappa shape index (κ1) is 23.0. The van der Waals surface area contributed by atoms with Crippen molar-refractivity contribution in [1.29, 1.82) is 5.41 Å². The molecule has 0 bridgehead atoms. The lowest BCUT2D eigenvalue weighted by molar-refractivity contribution is -0.127. The van der Waals surface area contributed by atoms with Crippen LogP contribution >= 0.6 is 0 Å². The molecule has 34 heavy (non-hydrogen) atoms. The molecule has 0 spiro atoms. The second-order valence-electron chi connectivity index (χ2n) is 7.86. The molecule has 174 valence electrons. The summed E-state index contributed by atoms with van der Waals surface area (Å²) in [7, 11) is 0. The van der Waals surface area contributed by atoms with E-state index in [2.05, 4.69) is 21.9 Å². The Morgan fingerprint density at radius 3 is 2.62 bits per heavy atom. The van der Waals surface area contributed by atoms with Crippen LogP contribution in [0.4, 0.5) is 14.6 Å². The average Bonchev–Trinajstić information content (AvgIpc) is 3.17. The molecular formula is C25H23F2N5O2. The number of nitrogens with one attached hydrogen (secondary N) is 2. The van der Waals surface area contributed by atoms with E-state index in [4.69, 9.17) is 10.1 Å². The molecule has 1 fully saturated rings. The Labute approximate surface area is 195 Å². The molecule has 1 aromatic heterocycles. The minimum atomic E-state index is -2.96.